The van der Waals surface area contributed by atoms with Gasteiger partial charge in [0, 0.05) is 10.6 Å². The fourth-order valence-electron chi connectivity index (χ4n) is 2.42. The van der Waals surface area contributed by atoms with E-state index in [4.69, 9.17) is 27.6 Å². The summed E-state index contributed by atoms with van der Waals surface area (Å²) in [5.74, 6) is 1.79. The summed E-state index contributed by atoms with van der Waals surface area (Å²) in [4.78, 5) is 7.50. The highest BCUT2D eigenvalue weighted by atomic mass is 35.5. The predicted molar refractivity (Wildman–Crippen MR) is 101 cm³/mol. The Bertz CT molecular complexity index is 1030. The molecule has 0 saturated carbocycles. The molecule has 0 spiro atoms. The molecule has 2 N–H and O–H groups in total. The van der Waals surface area contributed by atoms with Gasteiger partial charge in [0.05, 0.1) is 22.3 Å². The highest BCUT2D eigenvalue weighted by Crippen LogP contribution is 2.31. The van der Waals surface area contributed by atoms with Gasteiger partial charge in [-0.15, -0.1) is 0 Å². The standard InChI is InChI=1S/C18H12Cl2N4O/c19-11-5-7-13(14(20)9-11)17-8-6-12(25-17)10-21-24-18-22-15-3-1-2-4-16(15)23-18/h1-10H,(H2,22,23,24)/b21-10+. The van der Waals surface area contributed by atoms with Gasteiger partial charge in [-0.25, -0.2) is 10.4 Å². The van der Waals surface area contributed by atoms with Crippen molar-refractivity contribution in [3.63, 3.8) is 0 Å². The number of anilines is 1. The molecule has 4 aromatic rings. The number of hydrazone groups is 1. The monoisotopic (exact) mass is 370 g/mol. The van der Waals surface area contributed by atoms with Gasteiger partial charge in [-0.3, -0.25) is 0 Å². The van der Waals surface area contributed by atoms with E-state index in [-0.39, 0.29) is 0 Å². The molecule has 0 aliphatic heterocycles. The Morgan fingerprint density at radius 2 is 1.96 bits per heavy atom. The molecule has 4 rings (SSSR count). The number of halogens is 2. The van der Waals surface area contributed by atoms with Crippen LogP contribution >= 0.6 is 23.2 Å². The van der Waals surface area contributed by atoms with E-state index in [2.05, 4.69) is 20.5 Å². The number of imidazole rings is 1. The number of aromatic amines is 1. The zero-order valence-electron chi connectivity index (χ0n) is 12.8. The number of H-pyrrole nitrogens is 1. The van der Waals surface area contributed by atoms with Crippen molar-refractivity contribution in [1.29, 1.82) is 0 Å². The number of benzene rings is 2. The highest BCUT2D eigenvalue weighted by molar-refractivity contribution is 6.36. The molecule has 124 valence electrons. The fourth-order valence-corrected chi connectivity index (χ4v) is 2.92. The van der Waals surface area contributed by atoms with Crippen molar-refractivity contribution in [2.24, 2.45) is 5.10 Å². The molecular formula is C18H12Cl2N4O. The molecule has 0 unspecified atom stereocenters. The van der Waals surface area contributed by atoms with Crippen molar-refractivity contribution in [2.75, 3.05) is 5.43 Å². The summed E-state index contributed by atoms with van der Waals surface area (Å²) in [6.45, 7) is 0. The molecule has 0 radical (unpaired) electrons. The third-order valence-electron chi connectivity index (χ3n) is 3.57. The second-order valence-electron chi connectivity index (χ2n) is 5.30. The van der Waals surface area contributed by atoms with E-state index < -0.39 is 0 Å². The first-order chi connectivity index (χ1) is 12.2. The first kappa shape index (κ1) is 15.7. The van der Waals surface area contributed by atoms with Gasteiger partial charge in [0.25, 0.3) is 0 Å². The predicted octanol–water partition coefficient (Wildman–Crippen LogP) is 5.58. The van der Waals surface area contributed by atoms with Crippen molar-refractivity contribution >= 4 is 46.4 Å². The molecule has 0 amide bonds. The van der Waals surface area contributed by atoms with Crippen molar-refractivity contribution in [3.05, 3.63) is 70.4 Å². The molecule has 0 atom stereocenters. The summed E-state index contributed by atoms with van der Waals surface area (Å²) < 4.78 is 5.74. The summed E-state index contributed by atoms with van der Waals surface area (Å²) in [5, 5.41) is 5.25. The SMILES string of the molecule is Clc1ccc(-c2ccc(/C=N/Nc3nc4ccccc4[nH]3)o2)c(Cl)c1. The fraction of sp³-hybridized carbons (Fsp3) is 0. The lowest BCUT2D eigenvalue weighted by Crippen LogP contribution is -1.91. The van der Waals surface area contributed by atoms with Crippen LogP contribution in [0, 0.1) is 0 Å². The van der Waals surface area contributed by atoms with Crippen LogP contribution in [-0.4, -0.2) is 16.2 Å². The van der Waals surface area contributed by atoms with Gasteiger partial charge in [-0.05, 0) is 42.5 Å². The van der Waals surface area contributed by atoms with Gasteiger partial charge in [-0.2, -0.15) is 5.10 Å². The van der Waals surface area contributed by atoms with Crippen molar-refractivity contribution in [3.8, 4) is 11.3 Å². The maximum atomic E-state index is 6.19. The van der Waals surface area contributed by atoms with E-state index in [9.17, 15) is 0 Å². The number of rotatable bonds is 4. The summed E-state index contributed by atoms with van der Waals surface area (Å²) in [6.07, 6.45) is 1.57. The van der Waals surface area contributed by atoms with Gasteiger partial charge in [0.2, 0.25) is 5.95 Å². The smallest absolute Gasteiger partial charge is 0.222 e. The molecule has 0 fully saturated rings. The quantitative estimate of drug-likeness (QED) is 0.364. The van der Waals surface area contributed by atoms with Crippen LogP contribution < -0.4 is 5.43 Å². The lowest BCUT2D eigenvalue weighted by Gasteiger charge is -2.00. The molecule has 0 aliphatic rings. The van der Waals surface area contributed by atoms with Crippen molar-refractivity contribution in [2.45, 2.75) is 0 Å². The zero-order valence-corrected chi connectivity index (χ0v) is 14.3. The second kappa shape index (κ2) is 6.63. The number of hydrogen-bond donors (Lipinski definition) is 2. The number of furan rings is 1. The van der Waals surface area contributed by atoms with Gasteiger partial charge in [0.1, 0.15) is 11.5 Å². The lowest BCUT2D eigenvalue weighted by molar-refractivity contribution is 0.575. The van der Waals surface area contributed by atoms with Crippen molar-refractivity contribution < 1.29 is 4.42 Å². The maximum absolute atomic E-state index is 6.19. The maximum Gasteiger partial charge on any atom is 0.222 e. The zero-order chi connectivity index (χ0) is 17.2. The van der Waals surface area contributed by atoms with E-state index in [0.717, 1.165) is 16.6 Å². The number of nitrogens with zero attached hydrogens (tertiary/aromatic N) is 2. The van der Waals surface area contributed by atoms with Crippen LogP contribution in [-0.2, 0) is 0 Å². The second-order valence-corrected chi connectivity index (χ2v) is 6.14. The van der Waals surface area contributed by atoms with E-state index in [1.54, 1.807) is 18.3 Å². The minimum atomic E-state index is 0.533. The van der Waals surface area contributed by atoms with E-state index in [1.807, 2.05) is 42.5 Å². The summed E-state index contributed by atoms with van der Waals surface area (Å²) >= 11 is 12.1. The number of nitrogens with one attached hydrogen (secondary N) is 2. The largest absolute Gasteiger partial charge is 0.455 e. The van der Waals surface area contributed by atoms with Crippen LogP contribution in [0.5, 0.6) is 0 Å². The molecule has 2 heterocycles. The molecule has 2 aromatic heterocycles. The van der Waals surface area contributed by atoms with Gasteiger partial charge in [-0.1, -0.05) is 35.3 Å². The molecule has 25 heavy (non-hydrogen) atoms. The first-order valence-corrected chi connectivity index (χ1v) is 8.24. The van der Waals surface area contributed by atoms with E-state index >= 15 is 0 Å². The number of fused-ring (bicyclic) bond motifs is 1. The normalized spacial score (nSPS) is 11.4. The number of hydrogen-bond acceptors (Lipinski definition) is 4. The third-order valence-corrected chi connectivity index (χ3v) is 4.12. The molecule has 7 heteroatoms. The average molecular weight is 371 g/mol. The number of aromatic nitrogens is 2. The van der Waals surface area contributed by atoms with Crippen LogP contribution in [0.1, 0.15) is 5.76 Å². The Balaban J connectivity index is 1.49. The number of para-hydroxylation sites is 2. The molecular weight excluding hydrogens is 359 g/mol. The minimum Gasteiger partial charge on any atom is -0.455 e. The van der Waals surface area contributed by atoms with Gasteiger partial charge >= 0.3 is 0 Å². The molecule has 0 bridgehead atoms. The van der Waals surface area contributed by atoms with E-state index in [0.29, 0.717) is 27.5 Å². The Morgan fingerprint density at radius 3 is 2.80 bits per heavy atom. The average Bonchev–Trinajstić information content (AvgIpc) is 3.21. The van der Waals surface area contributed by atoms with Crippen molar-refractivity contribution in [1.82, 2.24) is 9.97 Å². The molecule has 2 aromatic carbocycles. The third kappa shape index (κ3) is 3.38. The summed E-state index contributed by atoms with van der Waals surface area (Å²) in [5.41, 5.74) is 5.44. The van der Waals surface area contributed by atoms with Crippen LogP contribution in [0.3, 0.4) is 0 Å². The Labute approximate surface area is 153 Å². The minimum absolute atomic E-state index is 0.533. The van der Waals surface area contributed by atoms with Gasteiger partial charge in [0.15, 0.2) is 0 Å². The van der Waals surface area contributed by atoms with Crippen LogP contribution in [0.15, 0.2) is 64.1 Å². The Morgan fingerprint density at radius 1 is 1.08 bits per heavy atom. The van der Waals surface area contributed by atoms with Gasteiger partial charge < -0.3 is 9.40 Å². The Hall–Kier alpha value is -2.76. The Kier molecular flexibility index (Phi) is 4.17. The molecule has 5 nitrogen and oxygen atoms in total. The molecule has 0 saturated heterocycles. The summed E-state index contributed by atoms with van der Waals surface area (Å²) in [6, 6.07) is 16.7. The van der Waals surface area contributed by atoms with E-state index in [1.165, 1.54) is 0 Å². The van der Waals surface area contributed by atoms with Crippen LogP contribution in [0.4, 0.5) is 5.95 Å². The lowest BCUT2D eigenvalue weighted by atomic mass is 10.2. The first-order valence-electron chi connectivity index (χ1n) is 7.48. The summed E-state index contributed by atoms with van der Waals surface area (Å²) in [7, 11) is 0. The van der Waals surface area contributed by atoms with Crippen LogP contribution in [0.2, 0.25) is 10.0 Å². The topological polar surface area (TPSA) is 66.2 Å². The highest BCUT2D eigenvalue weighted by Gasteiger charge is 2.08. The van der Waals surface area contributed by atoms with Crippen LogP contribution in [0.25, 0.3) is 22.4 Å². The molecule has 0 aliphatic carbocycles.